The first-order valence-corrected chi connectivity index (χ1v) is 7.73. The monoisotopic (exact) mass is 375 g/mol. The molecule has 2 heterocycles. The molecule has 23 heavy (non-hydrogen) atoms. The smallest absolute Gasteiger partial charge is 0.291 e. The molecule has 0 aliphatic rings. The quantitative estimate of drug-likeness (QED) is 0.710. The van der Waals surface area contributed by atoms with Crippen LogP contribution in [0.2, 0.25) is 0 Å². The molecule has 5 nitrogen and oxygen atoms in total. The molecule has 118 valence electrons. The van der Waals surface area contributed by atoms with Crippen LogP contribution in [0.15, 0.2) is 56.0 Å². The van der Waals surface area contributed by atoms with E-state index in [1.807, 2.05) is 25.1 Å². The van der Waals surface area contributed by atoms with E-state index in [1.165, 1.54) is 0 Å². The number of aryl methyl sites for hydroxylation is 1. The van der Waals surface area contributed by atoms with Crippen LogP contribution >= 0.6 is 15.9 Å². The molecule has 0 aliphatic carbocycles. The molecule has 1 aromatic carbocycles. The molecule has 6 heteroatoms. The predicted molar refractivity (Wildman–Crippen MR) is 89.2 cm³/mol. The maximum atomic E-state index is 12.2. The molecule has 0 spiro atoms. The van der Waals surface area contributed by atoms with Gasteiger partial charge in [-0.3, -0.25) is 4.79 Å². The van der Waals surface area contributed by atoms with Gasteiger partial charge in [0.2, 0.25) is 0 Å². The largest absolute Gasteiger partial charge is 0.459 e. The molecule has 3 rings (SSSR count). The average Bonchev–Trinajstić information content (AvgIpc) is 3.18. The summed E-state index contributed by atoms with van der Waals surface area (Å²) in [6, 6.07) is 12.4. The Balaban J connectivity index is 1.87. The molecule has 1 amide bonds. The summed E-state index contributed by atoms with van der Waals surface area (Å²) in [7, 11) is 0. The van der Waals surface area contributed by atoms with E-state index in [9.17, 15) is 4.79 Å². The van der Waals surface area contributed by atoms with Crippen molar-refractivity contribution in [1.82, 2.24) is 0 Å². The van der Waals surface area contributed by atoms with Gasteiger partial charge in [-0.05, 0) is 58.7 Å². The van der Waals surface area contributed by atoms with Crippen molar-refractivity contribution < 1.29 is 18.7 Å². The van der Waals surface area contributed by atoms with Crippen LogP contribution in [0.25, 0.3) is 11.3 Å². The number of carbonyl (C=O) groups excluding carboxylic acids is 1. The third-order valence-corrected chi connectivity index (χ3v) is 3.81. The highest BCUT2D eigenvalue weighted by molar-refractivity contribution is 9.10. The number of hydrogen-bond donors (Lipinski definition) is 2. The fourth-order valence-electron chi connectivity index (χ4n) is 2.15. The highest BCUT2D eigenvalue weighted by Gasteiger charge is 2.13. The number of anilines is 1. The van der Waals surface area contributed by atoms with Crippen molar-refractivity contribution in [3.63, 3.8) is 0 Å². The minimum Gasteiger partial charge on any atom is -0.459 e. The van der Waals surface area contributed by atoms with Crippen LogP contribution in [0.4, 0.5) is 5.69 Å². The van der Waals surface area contributed by atoms with Crippen molar-refractivity contribution in [2.24, 2.45) is 0 Å². The van der Waals surface area contributed by atoms with Gasteiger partial charge in [-0.1, -0.05) is 12.1 Å². The molecule has 0 bridgehead atoms. The lowest BCUT2D eigenvalue weighted by molar-refractivity contribution is 0.0995. The van der Waals surface area contributed by atoms with Crippen LogP contribution in [0.3, 0.4) is 0 Å². The summed E-state index contributed by atoms with van der Waals surface area (Å²) in [5.41, 5.74) is 2.40. The number of hydrogen-bond acceptors (Lipinski definition) is 4. The topological polar surface area (TPSA) is 75.6 Å². The Bertz CT molecular complexity index is 850. The van der Waals surface area contributed by atoms with Crippen molar-refractivity contribution in [3.05, 3.63) is 64.2 Å². The first-order valence-electron chi connectivity index (χ1n) is 6.94. The van der Waals surface area contributed by atoms with Crippen molar-refractivity contribution in [3.8, 4) is 11.3 Å². The Morgan fingerprint density at radius 3 is 2.65 bits per heavy atom. The normalized spacial score (nSPS) is 10.7. The zero-order valence-electron chi connectivity index (χ0n) is 12.3. The number of aliphatic hydroxyl groups is 1. The van der Waals surface area contributed by atoms with Gasteiger partial charge in [0.25, 0.3) is 5.91 Å². The Morgan fingerprint density at radius 2 is 2.00 bits per heavy atom. The van der Waals surface area contributed by atoms with E-state index in [0.29, 0.717) is 21.9 Å². The maximum Gasteiger partial charge on any atom is 0.291 e. The molecule has 0 fully saturated rings. The second kappa shape index (κ2) is 6.44. The summed E-state index contributed by atoms with van der Waals surface area (Å²) in [5.74, 6) is 1.02. The first kappa shape index (κ1) is 15.6. The van der Waals surface area contributed by atoms with Crippen molar-refractivity contribution in [2.75, 3.05) is 5.32 Å². The van der Waals surface area contributed by atoms with Crippen LogP contribution in [-0.4, -0.2) is 11.0 Å². The summed E-state index contributed by atoms with van der Waals surface area (Å²) < 4.78 is 11.3. The lowest BCUT2D eigenvalue weighted by Gasteiger charge is -2.09. The van der Waals surface area contributed by atoms with E-state index in [4.69, 9.17) is 13.9 Å². The Kier molecular flexibility index (Phi) is 4.36. The SMILES string of the molecule is Cc1ccc(-c2ccc(CO)o2)cc1NC(=O)c1ccc(Br)o1. The summed E-state index contributed by atoms with van der Waals surface area (Å²) in [4.78, 5) is 12.2. The number of halogens is 1. The first-order chi connectivity index (χ1) is 11.1. The number of furan rings is 2. The Labute approximate surface area is 141 Å². The molecule has 0 unspecified atom stereocenters. The third kappa shape index (κ3) is 3.38. The summed E-state index contributed by atoms with van der Waals surface area (Å²) in [6.45, 7) is 1.75. The number of nitrogens with one attached hydrogen (secondary N) is 1. The summed E-state index contributed by atoms with van der Waals surface area (Å²) in [6.07, 6.45) is 0. The molecule has 0 radical (unpaired) electrons. The lowest BCUT2D eigenvalue weighted by atomic mass is 10.1. The van der Waals surface area contributed by atoms with Gasteiger partial charge in [-0.15, -0.1) is 0 Å². The minimum absolute atomic E-state index is 0.150. The van der Waals surface area contributed by atoms with Crippen LogP contribution in [0, 0.1) is 6.92 Å². The van der Waals surface area contributed by atoms with Crippen molar-refractivity contribution >= 4 is 27.5 Å². The standard InChI is InChI=1S/C17H14BrNO4/c1-10-2-3-11(14-5-4-12(9-20)22-14)8-13(10)19-17(21)15-6-7-16(18)23-15/h2-8,20H,9H2,1H3,(H,19,21). The summed E-state index contributed by atoms with van der Waals surface area (Å²) in [5, 5.41) is 11.9. The highest BCUT2D eigenvalue weighted by atomic mass is 79.9. The van der Waals surface area contributed by atoms with Crippen molar-refractivity contribution in [2.45, 2.75) is 13.5 Å². The number of aliphatic hydroxyl groups excluding tert-OH is 1. The van der Waals surface area contributed by atoms with Gasteiger partial charge >= 0.3 is 0 Å². The second-order valence-electron chi connectivity index (χ2n) is 5.01. The number of carbonyl (C=O) groups is 1. The van der Waals surface area contributed by atoms with Gasteiger partial charge in [0, 0.05) is 11.3 Å². The van der Waals surface area contributed by atoms with Gasteiger partial charge in [0.1, 0.15) is 18.1 Å². The molecule has 2 aromatic heterocycles. The highest BCUT2D eigenvalue weighted by Crippen LogP contribution is 2.27. The van der Waals surface area contributed by atoms with E-state index in [0.717, 1.165) is 11.1 Å². The van der Waals surface area contributed by atoms with E-state index in [2.05, 4.69) is 21.2 Å². The molecular formula is C17H14BrNO4. The minimum atomic E-state index is -0.327. The van der Waals surface area contributed by atoms with Crippen molar-refractivity contribution in [1.29, 1.82) is 0 Å². The van der Waals surface area contributed by atoms with Crippen LogP contribution < -0.4 is 5.32 Å². The number of benzene rings is 1. The molecule has 3 aromatic rings. The number of rotatable bonds is 4. The molecule has 0 saturated heterocycles. The molecular weight excluding hydrogens is 362 g/mol. The summed E-state index contributed by atoms with van der Waals surface area (Å²) >= 11 is 3.17. The Hall–Kier alpha value is -2.31. The Morgan fingerprint density at radius 1 is 1.17 bits per heavy atom. The van der Waals surface area contributed by atoms with E-state index in [-0.39, 0.29) is 18.3 Å². The molecule has 0 atom stereocenters. The van der Waals surface area contributed by atoms with Gasteiger partial charge in [-0.2, -0.15) is 0 Å². The average molecular weight is 376 g/mol. The molecule has 2 N–H and O–H groups in total. The zero-order valence-corrected chi connectivity index (χ0v) is 13.9. The van der Waals surface area contributed by atoms with Gasteiger partial charge in [0.15, 0.2) is 10.4 Å². The van der Waals surface area contributed by atoms with Crippen LogP contribution in [0.5, 0.6) is 0 Å². The molecule has 0 saturated carbocycles. The van der Waals surface area contributed by atoms with E-state index < -0.39 is 0 Å². The van der Waals surface area contributed by atoms with Gasteiger partial charge in [0.05, 0.1) is 0 Å². The fourth-order valence-corrected chi connectivity index (χ4v) is 2.45. The third-order valence-electron chi connectivity index (χ3n) is 3.38. The maximum absolute atomic E-state index is 12.2. The lowest BCUT2D eigenvalue weighted by Crippen LogP contribution is -2.11. The zero-order chi connectivity index (χ0) is 16.4. The number of amides is 1. The van der Waals surface area contributed by atoms with E-state index in [1.54, 1.807) is 24.3 Å². The van der Waals surface area contributed by atoms with E-state index >= 15 is 0 Å². The molecule has 0 aliphatic heterocycles. The fraction of sp³-hybridized carbons (Fsp3) is 0.118. The van der Waals surface area contributed by atoms with Gasteiger partial charge in [-0.25, -0.2) is 0 Å². The van der Waals surface area contributed by atoms with Crippen LogP contribution in [0.1, 0.15) is 21.9 Å². The van der Waals surface area contributed by atoms with Gasteiger partial charge < -0.3 is 19.3 Å². The predicted octanol–water partition coefficient (Wildman–Crippen LogP) is 4.36. The van der Waals surface area contributed by atoms with Crippen LogP contribution in [-0.2, 0) is 6.61 Å². The second-order valence-corrected chi connectivity index (χ2v) is 5.79.